The van der Waals surface area contributed by atoms with Gasteiger partial charge in [0.05, 0.1) is 26.7 Å². The molecule has 0 saturated heterocycles. The van der Waals surface area contributed by atoms with Gasteiger partial charge in [0.1, 0.15) is 6.54 Å². The van der Waals surface area contributed by atoms with Crippen LogP contribution in [0.1, 0.15) is 22.7 Å². The van der Waals surface area contributed by atoms with E-state index in [1.54, 1.807) is 49.5 Å². The van der Waals surface area contributed by atoms with E-state index in [2.05, 4.69) is 5.32 Å². The van der Waals surface area contributed by atoms with E-state index in [0.29, 0.717) is 22.2 Å². The highest BCUT2D eigenvalue weighted by molar-refractivity contribution is 6.30. The number of nitrogens with one attached hydrogen (secondary N) is 1. The van der Waals surface area contributed by atoms with Gasteiger partial charge in [-0.05, 0) is 41.5 Å². The van der Waals surface area contributed by atoms with Crippen LogP contribution in [0.15, 0.2) is 66.7 Å². The lowest BCUT2D eigenvalue weighted by Gasteiger charge is -2.31. The topological polar surface area (TPSA) is 67.9 Å². The van der Waals surface area contributed by atoms with E-state index in [-0.39, 0.29) is 24.8 Å². The summed E-state index contributed by atoms with van der Waals surface area (Å²) in [6, 6.07) is 19.8. The van der Waals surface area contributed by atoms with Crippen molar-refractivity contribution in [1.29, 1.82) is 0 Å². The summed E-state index contributed by atoms with van der Waals surface area (Å²) in [6.45, 7) is -0.0714. The molecular formula is C25H23ClN2O4. The molecule has 1 N–H and O–H groups in total. The van der Waals surface area contributed by atoms with Gasteiger partial charge in [-0.2, -0.15) is 0 Å². The molecular weight excluding hydrogens is 428 g/mol. The average Bonchev–Trinajstić information content (AvgIpc) is 2.95. The first kappa shape index (κ1) is 21.7. The van der Waals surface area contributed by atoms with Crippen LogP contribution in [0.4, 0.5) is 5.69 Å². The molecule has 3 aromatic rings. The molecule has 1 atom stereocenters. The number of rotatable bonds is 5. The molecule has 0 saturated carbocycles. The van der Waals surface area contributed by atoms with Crippen LogP contribution in [-0.4, -0.2) is 37.5 Å². The van der Waals surface area contributed by atoms with E-state index in [0.717, 1.165) is 16.7 Å². The second-order valence-corrected chi connectivity index (χ2v) is 7.92. The Labute approximate surface area is 191 Å². The van der Waals surface area contributed by atoms with E-state index in [1.807, 2.05) is 36.4 Å². The number of methoxy groups -OCH3 is 2. The number of fused-ring (bicyclic) bond motifs is 1. The van der Waals surface area contributed by atoms with Crippen LogP contribution in [0.5, 0.6) is 11.5 Å². The number of carbonyl (C=O) groups excluding carboxylic acids is 2. The standard InChI is InChI=1S/C25H23ClN2O4/c1-31-21-11-8-16(12-22(21)32-2)13-24(30)28-15-23(29)27-20-10-9-18(26)14-19(20)25(28)17-6-4-3-5-7-17/h3-12,14,25H,13,15H2,1-2H3,(H,27,29)/t25-/m0/s1. The summed E-state index contributed by atoms with van der Waals surface area (Å²) in [5.74, 6) is 0.688. The zero-order valence-electron chi connectivity index (χ0n) is 17.8. The minimum absolute atomic E-state index is 0.0714. The molecule has 0 bridgehead atoms. The number of hydrogen-bond donors (Lipinski definition) is 1. The monoisotopic (exact) mass is 450 g/mol. The van der Waals surface area contributed by atoms with Crippen molar-refractivity contribution >= 4 is 29.1 Å². The lowest BCUT2D eigenvalue weighted by atomic mass is 9.95. The highest BCUT2D eigenvalue weighted by atomic mass is 35.5. The number of benzene rings is 3. The molecule has 164 valence electrons. The van der Waals surface area contributed by atoms with Gasteiger partial charge in [-0.3, -0.25) is 9.59 Å². The zero-order valence-corrected chi connectivity index (χ0v) is 18.6. The lowest BCUT2D eigenvalue weighted by molar-refractivity contribution is -0.135. The summed E-state index contributed by atoms with van der Waals surface area (Å²) in [5.41, 5.74) is 3.08. The fourth-order valence-corrected chi connectivity index (χ4v) is 4.15. The van der Waals surface area contributed by atoms with E-state index < -0.39 is 6.04 Å². The van der Waals surface area contributed by atoms with Crippen molar-refractivity contribution in [2.75, 3.05) is 26.1 Å². The SMILES string of the molecule is COc1ccc(CC(=O)N2CC(=O)Nc3ccc(Cl)cc3[C@@H]2c2ccccc2)cc1OC. The quantitative estimate of drug-likeness (QED) is 0.622. The van der Waals surface area contributed by atoms with Gasteiger partial charge < -0.3 is 19.7 Å². The van der Waals surface area contributed by atoms with Gasteiger partial charge in [-0.1, -0.05) is 48.0 Å². The first-order valence-corrected chi connectivity index (χ1v) is 10.5. The van der Waals surface area contributed by atoms with Gasteiger partial charge in [-0.15, -0.1) is 0 Å². The number of ether oxygens (including phenoxy) is 2. The van der Waals surface area contributed by atoms with Crippen molar-refractivity contribution < 1.29 is 19.1 Å². The highest BCUT2D eigenvalue weighted by Crippen LogP contribution is 2.37. The van der Waals surface area contributed by atoms with Crippen LogP contribution in [-0.2, 0) is 16.0 Å². The van der Waals surface area contributed by atoms with Crippen molar-refractivity contribution in [2.45, 2.75) is 12.5 Å². The summed E-state index contributed by atoms with van der Waals surface area (Å²) < 4.78 is 10.6. The van der Waals surface area contributed by atoms with Crippen LogP contribution in [0.2, 0.25) is 5.02 Å². The Kier molecular flexibility index (Phi) is 6.32. The zero-order chi connectivity index (χ0) is 22.7. The van der Waals surface area contributed by atoms with Gasteiger partial charge in [-0.25, -0.2) is 0 Å². The Morgan fingerprint density at radius 2 is 1.78 bits per heavy atom. The molecule has 1 aliphatic heterocycles. The maximum absolute atomic E-state index is 13.5. The maximum Gasteiger partial charge on any atom is 0.244 e. The van der Waals surface area contributed by atoms with Gasteiger partial charge in [0.2, 0.25) is 11.8 Å². The van der Waals surface area contributed by atoms with Crippen LogP contribution in [0, 0.1) is 0 Å². The summed E-state index contributed by atoms with van der Waals surface area (Å²) in [4.78, 5) is 27.8. The molecule has 2 amide bonds. The number of carbonyl (C=O) groups is 2. The Morgan fingerprint density at radius 1 is 1.03 bits per heavy atom. The van der Waals surface area contributed by atoms with Gasteiger partial charge in [0.15, 0.2) is 11.5 Å². The van der Waals surface area contributed by atoms with E-state index >= 15 is 0 Å². The third-order valence-corrected chi connectivity index (χ3v) is 5.68. The third-order valence-electron chi connectivity index (χ3n) is 5.45. The molecule has 0 aliphatic carbocycles. The number of amides is 2. The lowest BCUT2D eigenvalue weighted by Crippen LogP contribution is -2.39. The second-order valence-electron chi connectivity index (χ2n) is 7.48. The molecule has 4 rings (SSSR count). The molecule has 0 radical (unpaired) electrons. The summed E-state index contributed by atoms with van der Waals surface area (Å²) in [7, 11) is 3.11. The van der Waals surface area contributed by atoms with Gasteiger partial charge >= 0.3 is 0 Å². The molecule has 32 heavy (non-hydrogen) atoms. The maximum atomic E-state index is 13.5. The largest absolute Gasteiger partial charge is 0.493 e. The molecule has 0 fully saturated rings. The summed E-state index contributed by atoms with van der Waals surface area (Å²) in [6.07, 6.45) is 0.104. The highest BCUT2D eigenvalue weighted by Gasteiger charge is 2.33. The molecule has 0 aromatic heterocycles. The van der Waals surface area contributed by atoms with E-state index in [1.165, 1.54) is 0 Å². The molecule has 1 heterocycles. The Bertz CT molecular complexity index is 1150. The first-order valence-electron chi connectivity index (χ1n) is 10.1. The summed E-state index contributed by atoms with van der Waals surface area (Å²) >= 11 is 6.30. The Balaban J connectivity index is 1.75. The van der Waals surface area contributed by atoms with Crippen molar-refractivity contribution in [3.63, 3.8) is 0 Å². The molecule has 3 aromatic carbocycles. The fourth-order valence-electron chi connectivity index (χ4n) is 3.97. The normalized spacial score (nSPS) is 15.4. The van der Waals surface area contributed by atoms with Crippen LogP contribution in [0.3, 0.4) is 0 Å². The molecule has 7 heteroatoms. The molecule has 0 spiro atoms. The second kappa shape index (κ2) is 9.32. The van der Waals surface area contributed by atoms with Crippen molar-refractivity contribution in [3.05, 3.63) is 88.4 Å². The van der Waals surface area contributed by atoms with Crippen molar-refractivity contribution in [3.8, 4) is 11.5 Å². The minimum Gasteiger partial charge on any atom is -0.493 e. The number of nitrogens with zero attached hydrogens (tertiary/aromatic N) is 1. The van der Waals surface area contributed by atoms with Crippen LogP contribution in [0.25, 0.3) is 0 Å². The minimum atomic E-state index is -0.462. The van der Waals surface area contributed by atoms with Gasteiger partial charge in [0.25, 0.3) is 0 Å². The summed E-state index contributed by atoms with van der Waals surface area (Å²) in [5, 5.41) is 3.44. The average molecular weight is 451 g/mol. The first-order chi connectivity index (χ1) is 15.5. The molecule has 6 nitrogen and oxygen atoms in total. The van der Waals surface area contributed by atoms with E-state index in [9.17, 15) is 9.59 Å². The Morgan fingerprint density at radius 3 is 2.50 bits per heavy atom. The fraction of sp³-hybridized carbons (Fsp3) is 0.200. The smallest absolute Gasteiger partial charge is 0.244 e. The van der Waals surface area contributed by atoms with Crippen LogP contribution >= 0.6 is 11.6 Å². The van der Waals surface area contributed by atoms with Crippen molar-refractivity contribution in [1.82, 2.24) is 4.90 Å². The predicted octanol–water partition coefficient (Wildman–Crippen LogP) is 4.47. The van der Waals surface area contributed by atoms with Gasteiger partial charge in [0, 0.05) is 16.3 Å². The van der Waals surface area contributed by atoms with Crippen molar-refractivity contribution in [2.24, 2.45) is 0 Å². The number of halogens is 1. The predicted molar refractivity (Wildman–Crippen MR) is 123 cm³/mol. The number of hydrogen-bond acceptors (Lipinski definition) is 4. The van der Waals surface area contributed by atoms with Crippen LogP contribution < -0.4 is 14.8 Å². The molecule has 0 unspecified atom stereocenters. The number of anilines is 1. The molecule has 1 aliphatic rings. The third kappa shape index (κ3) is 4.41. The Hall–Kier alpha value is -3.51. The van der Waals surface area contributed by atoms with E-state index in [4.69, 9.17) is 21.1 Å².